The number of ether oxygens (including phenoxy) is 4. The molecule has 31 heavy (non-hydrogen) atoms. The van der Waals surface area contributed by atoms with Crippen molar-refractivity contribution in [2.45, 2.75) is 20.8 Å². The van der Waals surface area contributed by atoms with Gasteiger partial charge < -0.3 is 18.9 Å². The average molecular weight is 447 g/mol. The number of amides is 1. The summed E-state index contributed by atoms with van der Waals surface area (Å²) in [6.45, 7) is 10.9. The fraction of sp³-hybridized carbons (Fsp3) is 0.304. The van der Waals surface area contributed by atoms with E-state index >= 15 is 0 Å². The molecule has 2 rings (SSSR count). The van der Waals surface area contributed by atoms with Gasteiger partial charge in [-0.2, -0.15) is 5.10 Å². The lowest BCUT2D eigenvalue weighted by Gasteiger charge is -2.13. The van der Waals surface area contributed by atoms with E-state index in [1.807, 2.05) is 20.8 Å². The molecule has 0 bridgehead atoms. The molecule has 0 aromatic heterocycles. The van der Waals surface area contributed by atoms with E-state index in [1.54, 1.807) is 36.4 Å². The molecule has 166 valence electrons. The van der Waals surface area contributed by atoms with E-state index in [1.165, 1.54) is 6.21 Å². The van der Waals surface area contributed by atoms with Crippen molar-refractivity contribution in [2.24, 2.45) is 5.10 Å². The highest BCUT2D eigenvalue weighted by molar-refractivity contribution is 6.32. The molecule has 0 saturated carbocycles. The molecule has 0 fully saturated rings. The molecule has 2 aromatic carbocycles. The van der Waals surface area contributed by atoms with Gasteiger partial charge >= 0.3 is 0 Å². The van der Waals surface area contributed by atoms with Crippen LogP contribution < -0.4 is 24.4 Å². The third kappa shape index (κ3) is 6.93. The normalized spacial score (nSPS) is 10.6. The van der Waals surface area contributed by atoms with Crippen LogP contribution in [0.1, 0.15) is 36.7 Å². The van der Waals surface area contributed by atoms with Crippen molar-refractivity contribution in [1.82, 2.24) is 5.43 Å². The van der Waals surface area contributed by atoms with Crippen LogP contribution in [0.15, 0.2) is 48.1 Å². The Morgan fingerprint density at radius 1 is 1.00 bits per heavy atom. The summed E-state index contributed by atoms with van der Waals surface area (Å²) in [6, 6.07) is 8.34. The van der Waals surface area contributed by atoms with Gasteiger partial charge in [0.2, 0.25) is 0 Å². The van der Waals surface area contributed by atoms with Crippen LogP contribution >= 0.6 is 11.6 Å². The van der Waals surface area contributed by atoms with Crippen molar-refractivity contribution in [3.8, 4) is 23.0 Å². The molecule has 7 nitrogen and oxygen atoms in total. The topological polar surface area (TPSA) is 78.4 Å². The molecular formula is C23H27ClN2O5. The van der Waals surface area contributed by atoms with E-state index < -0.39 is 5.91 Å². The van der Waals surface area contributed by atoms with Crippen molar-refractivity contribution in [3.05, 3.63) is 59.1 Å². The quantitative estimate of drug-likeness (QED) is 0.286. The lowest BCUT2D eigenvalue weighted by Crippen LogP contribution is -2.17. The van der Waals surface area contributed by atoms with Gasteiger partial charge in [-0.1, -0.05) is 24.3 Å². The second-order valence-corrected chi connectivity index (χ2v) is 6.50. The third-order valence-electron chi connectivity index (χ3n) is 3.86. The van der Waals surface area contributed by atoms with Crippen LogP contribution in [0.2, 0.25) is 5.02 Å². The number of benzene rings is 2. The van der Waals surface area contributed by atoms with Crippen LogP contribution in [0.3, 0.4) is 0 Å². The molecule has 0 aliphatic rings. The Hall–Kier alpha value is -3.19. The summed E-state index contributed by atoms with van der Waals surface area (Å²) in [5.41, 5.74) is 3.53. The van der Waals surface area contributed by atoms with E-state index in [-0.39, 0.29) is 0 Å². The van der Waals surface area contributed by atoms with Crippen molar-refractivity contribution in [2.75, 3.05) is 26.4 Å². The third-order valence-corrected chi connectivity index (χ3v) is 4.14. The molecule has 1 amide bonds. The summed E-state index contributed by atoms with van der Waals surface area (Å²) < 4.78 is 22.2. The minimum absolute atomic E-state index is 0.338. The van der Waals surface area contributed by atoms with Crippen molar-refractivity contribution >= 4 is 23.7 Å². The Balaban J connectivity index is 2.14. The molecule has 0 radical (unpaired) electrons. The lowest BCUT2D eigenvalue weighted by molar-refractivity contribution is 0.0954. The van der Waals surface area contributed by atoms with Crippen LogP contribution in [0.25, 0.3) is 0 Å². The van der Waals surface area contributed by atoms with Gasteiger partial charge in [0.05, 0.1) is 31.1 Å². The average Bonchev–Trinajstić information content (AvgIpc) is 2.75. The van der Waals surface area contributed by atoms with E-state index in [4.69, 9.17) is 30.5 Å². The van der Waals surface area contributed by atoms with Gasteiger partial charge in [-0.25, -0.2) is 5.43 Å². The predicted molar refractivity (Wildman–Crippen MR) is 122 cm³/mol. The standard InChI is InChI=1S/C23H27ClN2O5/c1-5-11-31-19-10-9-17(14-20(19)28-6-2)23(27)26-25-15-16-12-18(24)22(30-8-4)21(13-16)29-7-3/h5,9-10,12-15H,1,6-8,11H2,2-4H3,(H,26,27)/b25-15+. The molecule has 0 saturated heterocycles. The number of halogens is 1. The summed E-state index contributed by atoms with van der Waals surface area (Å²) in [5, 5.41) is 4.42. The molecule has 8 heteroatoms. The summed E-state index contributed by atoms with van der Waals surface area (Å²) in [7, 11) is 0. The first kappa shape index (κ1) is 24.1. The number of rotatable bonds is 12. The fourth-order valence-corrected chi connectivity index (χ4v) is 2.90. The number of hydrazone groups is 1. The number of hydrogen-bond acceptors (Lipinski definition) is 6. The molecule has 0 atom stereocenters. The number of nitrogens with one attached hydrogen (secondary N) is 1. The molecule has 0 aliphatic carbocycles. The second-order valence-electron chi connectivity index (χ2n) is 6.09. The zero-order chi connectivity index (χ0) is 22.6. The zero-order valence-corrected chi connectivity index (χ0v) is 18.7. The van der Waals surface area contributed by atoms with Gasteiger partial charge in [0.15, 0.2) is 23.0 Å². The maximum absolute atomic E-state index is 12.5. The Kier molecular flexibility index (Phi) is 9.71. The fourth-order valence-electron chi connectivity index (χ4n) is 2.63. The second kappa shape index (κ2) is 12.5. The maximum Gasteiger partial charge on any atom is 0.271 e. The van der Waals surface area contributed by atoms with E-state index in [2.05, 4.69) is 17.1 Å². The summed E-state index contributed by atoms with van der Waals surface area (Å²) in [6.07, 6.45) is 3.11. The SMILES string of the molecule is C=CCOc1ccc(C(=O)N/N=C/c2cc(Cl)c(OCC)c(OCC)c2)cc1OCC. The smallest absolute Gasteiger partial charge is 0.271 e. The molecule has 0 unspecified atom stereocenters. The summed E-state index contributed by atoms with van der Waals surface area (Å²) in [4.78, 5) is 12.5. The molecule has 0 heterocycles. The van der Waals surface area contributed by atoms with Gasteiger partial charge in [-0.05, 0) is 56.7 Å². The lowest BCUT2D eigenvalue weighted by atomic mass is 10.2. The molecular weight excluding hydrogens is 420 g/mol. The van der Waals surface area contributed by atoms with Gasteiger partial charge in [-0.3, -0.25) is 4.79 Å². The maximum atomic E-state index is 12.5. The zero-order valence-electron chi connectivity index (χ0n) is 17.9. The van der Waals surface area contributed by atoms with Crippen LogP contribution in [0.5, 0.6) is 23.0 Å². The highest BCUT2D eigenvalue weighted by Crippen LogP contribution is 2.36. The van der Waals surface area contributed by atoms with Crippen LogP contribution in [0.4, 0.5) is 0 Å². The van der Waals surface area contributed by atoms with Crippen molar-refractivity contribution in [3.63, 3.8) is 0 Å². The van der Waals surface area contributed by atoms with Gasteiger partial charge in [0.25, 0.3) is 5.91 Å². The Labute approximate surface area is 187 Å². The summed E-state index contributed by atoms with van der Waals surface area (Å²) in [5.74, 6) is 1.61. The molecule has 2 aromatic rings. The first-order valence-electron chi connectivity index (χ1n) is 9.97. The van der Waals surface area contributed by atoms with Gasteiger partial charge in [-0.15, -0.1) is 0 Å². The van der Waals surface area contributed by atoms with E-state index in [9.17, 15) is 4.79 Å². The highest BCUT2D eigenvalue weighted by atomic mass is 35.5. The van der Waals surface area contributed by atoms with Gasteiger partial charge in [0, 0.05) is 5.56 Å². The molecule has 0 aliphatic heterocycles. The van der Waals surface area contributed by atoms with Crippen LogP contribution in [0, 0.1) is 0 Å². The number of carbonyl (C=O) groups excluding carboxylic acids is 1. The van der Waals surface area contributed by atoms with Crippen LogP contribution in [-0.2, 0) is 0 Å². The van der Waals surface area contributed by atoms with E-state index in [0.717, 1.165) is 0 Å². The number of nitrogens with zero attached hydrogens (tertiary/aromatic N) is 1. The van der Waals surface area contributed by atoms with Crippen LogP contribution in [-0.4, -0.2) is 38.5 Å². The highest BCUT2D eigenvalue weighted by Gasteiger charge is 2.13. The first-order chi connectivity index (χ1) is 15.0. The monoisotopic (exact) mass is 446 g/mol. The van der Waals surface area contributed by atoms with Crippen molar-refractivity contribution < 1.29 is 23.7 Å². The van der Waals surface area contributed by atoms with Gasteiger partial charge in [0.1, 0.15) is 6.61 Å². The Bertz CT molecular complexity index is 930. The minimum atomic E-state index is -0.394. The Morgan fingerprint density at radius 3 is 2.39 bits per heavy atom. The number of hydrogen-bond donors (Lipinski definition) is 1. The predicted octanol–water partition coefficient (Wildman–Crippen LogP) is 4.86. The molecule has 1 N–H and O–H groups in total. The minimum Gasteiger partial charge on any atom is -0.490 e. The first-order valence-corrected chi connectivity index (χ1v) is 10.3. The largest absolute Gasteiger partial charge is 0.490 e. The summed E-state index contributed by atoms with van der Waals surface area (Å²) >= 11 is 6.30. The number of carbonyl (C=O) groups is 1. The molecule has 0 spiro atoms. The van der Waals surface area contributed by atoms with Crippen molar-refractivity contribution in [1.29, 1.82) is 0 Å². The Morgan fingerprint density at radius 2 is 1.71 bits per heavy atom. The van der Waals surface area contributed by atoms with E-state index in [0.29, 0.717) is 65.6 Å².